The second-order valence-electron chi connectivity index (χ2n) is 7.16. The van der Waals surface area contributed by atoms with E-state index < -0.39 is 10.0 Å². The van der Waals surface area contributed by atoms with Crippen molar-refractivity contribution in [3.05, 3.63) is 63.4 Å². The molecule has 0 bridgehead atoms. The normalized spacial score (nSPS) is 15.6. The second kappa shape index (κ2) is 8.18. The minimum Gasteiger partial charge on any atom is -0.345 e. The monoisotopic (exact) mass is 491 g/mol. The first-order valence-electron chi connectivity index (χ1n) is 9.38. The molecule has 0 atom stereocenters. The standard InChI is InChI=1S/C21H22BrN3O2S2/c1-15-3-4-17(13-16(15)2)20-14-28-21(23-20)24-9-11-25(12-10-24)29(26,27)19-7-5-18(22)6-8-19/h3-8,13-14H,9-12H2,1-2H3. The van der Waals surface area contributed by atoms with Crippen molar-refractivity contribution in [2.45, 2.75) is 18.7 Å². The van der Waals surface area contributed by atoms with Gasteiger partial charge in [0.25, 0.3) is 0 Å². The van der Waals surface area contributed by atoms with E-state index in [-0.39, 0.29) is 0 Å². The van der Waals surface area contributed by atoms with Gasteiger partial charge in [0.2, 0.25) is 10.0 Å². The highest BCUT2D eigenvalue weighted by atomic mass is 79.9. The van der Waals surface area contributed by atoms with Crippen molar-refractivity contribution in [3.8, 4) is 11.3 Å². The Kier molecular flexibility index (Phi) is 5.79. The van der Waals surface area contributed by atoms with Crippen LogP contribution >= 0.6 is 27.3 Å². The van der Waals surface area contributed by atoms with Gasteiger partial charge < -0.3 is 4.90 Å². The maximum Gasteiger partial charge on any atom is 0.243 e. The topological polar surface area (TPSA) is 53.5 Å². The third-order valence-electron chi connectivity index (χ3n) is 5.26. The summed E-state index contributed by atoms with van der Waals surface area (Å²) in [6.07, 6.45) is 0. The Bertz CT molecular complexity index is 1120. The van der Waals surface area contributed by atoms with Crippen LogP contribution in [0.25, 0.3) is 11.3 Å². The van der Waals surface area contributed by atoms with E-state index in [1.165, 1.54) is 11.1 Å². The number of nitrogens with zero attached hydrogens (tertiary/aromatic N) is 3. The maximum absolute atomic E-state index is 12.9. The molecule has 0 aliphatic carbocycles. The Labute approximate surface area is 184 Å². The molecule has 0 unspecified atom stereocenters. The van der Waals surface area contributed by atoms with Gasteiger partial charge in [-0.05, 0) is 55.3 Å². The number of aryl methyl sites for hydroxylation is 2. The molecule has 5 nitrogen and oxygen atoms in total. The van der Waals surface area contributed by atoms with Crippen LogP contribution in [0.5, 0.6) is 0 Å². The van der Waals surface area contributed by atoms with Gasteiger partial charge in [-0.25, -0.2) is 13.4 Å². The fraction of sp³-hybridized carbons (Fsp3) is 0.286. The minimum atomic E-state index is -3.46. The average Bonchev–Trinajstić information content (AvgIpc) is 3.21. The zero-order chi connectivity index (χ0) is 20.6. The van der Waals surface area contributed by atoms with Gasteiger partial charge in [-0.2, -0.15) is 4.31 Å². The summed E-state index contributed by atoms with van der Waals surface area (Å²) in [6.45, 7) is 6.39. The average molecular weight is 492 g/mol. The number of rotatable bonds is 4. The van der Waals surface area contributed by atoms with Crippen molar-refractivity contribution in [2.24, 2.45) is 0 Å². The highest BCUT2D eigenvalue weighted by Crippen LogP contribution is 2.30. The molecule has 1 saturated heterocycles. The van der Waals surface area contributed by atoms with E-state index in [0.29, 0.717) is 31.1 Å². The summed E-state index contributed by atoms with van der Waals surface area (Å²) in [5.74, 6) is 0. The highest BCUT2D eigenvalue weighted by Gasteiger charge is 2.29. The molecule has 1 aliphatic rings. The number of anilines is 1. The van der Waals surface area contributed by atoms with E-state index >= 15 is 0 Å². The van der Waals surface area contributed by atoms with Gasteiger partial charge >= 0.3 is 0 Å². The van der Waals surface area contributed by atoms with Gasteiger partial charge in [-0.15, -0.1) is 11.3 Å². The van der Waals surface area contributed by atoms with Crippen molar-refractivity contribution in [1.29, 1.82) is 0 Å². The van der Waals surface area contributed by atoms with Crippen molar-refractivity contribution in [3.63, 3.8) is 0 Å². The lowest BCUT2D eigenvalue weighted by molar-refractivity contribution is 0.385. The molecule has 0 radical (unpaired) electrons. The van der Waals surface area contributed by atoms with Gasteiger partial charge in [-0.3, -0.25) is 0 Å². The molecule has 3 aromatic rings. The number of piperazine rings is 1. The van der Waals surface area contributed by atoms with E-state index in [0.717, 1.165) is 20.9 Å². The van der Waals surface area contributed by atoms with Crippen LogP contribution in [0.3, 0.4) is 0 Å². The molecule has 2 heterocycles. The van der Waals surface area contributed by atoms with Gasteiger partial charge in [-0.1, -0.05) is 28.1 Å². The largest absolute Gasteiger partial charge is 0.345 e. The van der Waals surface area contributed by atoms with Crippen molar-refractivity contribution < 1.29 is 8.42 Å². The summed E-state index contributed by atoms with van der Waals surface area (Å²) in [5.41, 5.74) is 4.61. The molecule has 29 heavy (non-hydrogen) atoms. The van der Waals surface area contributed by atoms with Crippen LogP contribution in [-0.4, -0.2) is 43.9 Å². The number of hydrogen-bond donors (Lipinski definition) is 0. The summed E-state index contributed by atoms with van der Waals surface area (Å²) in [7, 11) is -3.46. The summed E-state index contributed by atoms with van der Waals surface area (Å²) in [5, 5.41) is 3.02. The molecule has 152 valence electrons. The third kappa shape index (κ3) is 4.26. The van der Waals surface area contributed by atoms with Crippen LogP contribution in [0.1, 0.15) is 11.1 Å². The smallest absolute Gasteiger partial charge is 0.243 e. The fourth-order valence-electron chi connectivity index (χ4n) is 3.32. The Morgan fingerprint density at radius 2 is 1.66 bits per heavy atom. The predicted octanol–water partition coefficient (Wildman–Crippen LogP) is 4.70. The lowest BCUT2D eigenvalue weighted by atomic mass is 10.1. The van der Waals surface area contributed by atoms with Crippen molar-refractivity contribution >= 4 is 42.4 Å². The van der Waals surface area contributed by atoms with E-state index in [4.69, 9.17) is 4.98 Å². The molecule has 1 fully saturated rings. The Morgan fingerprint density at radius 1 is 0.966 bits per heavy atom. The molecule has 8 heteroatoms. The summed E-state index contributed by atoms with van der Waals surface area (Å²) >= 11 is 4.96. The fourth-order valence-corrected chi connectivity index (χ4v) is 5.89. The Hall–Kier alpha value is -1.74. The SMILES string of the molecule is Cc1ccc(-c2csc(N3CCN(S(=O)(=O)c4ccc(Br)cc4)CC3)n2)cc1C. The molecule has 1 aliphatic heterocycles. The zero-order valence-electron chi connectivity index (χ0n) is 16.3. The molecule has 0 spiro atoms. The van der Waals surface area contributed by atoms with E-state index in [2.05, 4.69) is 58.3 Å². The first kappa shape index (κ1) is 20.5. The summed E-state index contributed by atoms with van der Waals surface area (Å²) in [4.78, 5) is 7.30. The molecule has 2 aromatic carbocycles. The van der Waals surface area contributed by atoms with Gasteiger partial charge in [0.15, 0.2) is 5.13 Å². The quantitative estimate of drug-likeness (QED) is 0.530. The first-order chi connectivity index (χ1) is 13.8. The van der Waals surface area contributed by atoms with Crippen LogP contribution in [-0.2, 0) is 10.0 Å². The van der Waals surface area contributed by atoms with Gasteiger partial charge in [0.05, 0.1) is 10.6 Å². The maximum atomic E-state index is 12.9. The molecule has 4 rings (SSSR count). The van der Waals surface area contributed by atoms with E-state index in [9.17, 15) is 8.42 Å². The van der Waals surface area contributed by atoms with Crippen molar-refractivity contribution in [2.75, 3.05) is 31.1 Å². The molecule has 0 amide bonds. The molecular weight excluding hydrogens is 470 g/mol. The zero-order valence-corrected chi connectivity index (χ0v) is 19.5. The lowest BCUT2D eigenvalue weighted by Crippen LogP contribution is -2.48. The number of halogens is 1. The minimum absolute atomic E-state index is 0.334. The van der Waals surface area contributed by atoms with Gasteiger partial charge in [0, 0.05) is 41.6 Å². The Morgan fingerprint density at radius 3 is 2.31 bits per heavy atom. The lowest BCUT2D eigenvalue weighted by Gasteiger charge is -2.33. The van der Waals surface area contributed by atoms with Crippen LogP contribution in [0.4, 0.5) is 5.13 Å². The molecule has 0 N–H and O–H groups in total. The van der Waals surface area contributed by atoms with E-state index in [1.54, 1.807) is 39.9 Å². The van der Waals surface area contributed by atoms with Crippen LogP contribution in [0, 0.1) is 13.8 Å². The van der Waals surface area contributed by atoms with Gasteiger partial charge in [0.1, 0.15) is 0 Å². The number of benzene rings is 2. The number of sulfonamides is 1. The van der Waals surface area contributed by atoms with Crippen LogP contribution in [0.2, 0.25) is 0 Å². The Balaban J connectivity index is 1.45. The third-order valence-corrected chi connectivity index (χ3v) is 8.60. The first-order valence-corrected chi connectivity index (χ1v) is 12.5. The predicted molar refractivity (Wildman–Crippen MR) is 122 cm³/mol. The van der Waals surface area contributed by atoms with Crippen LogP contribution < -0.4 is 4.90 Å². The molecule has 1 aromatic heterocycles. The molecular formula is C21H22BrN3O2S2. The number of thiazole rings is 1. The number of aromatic nitrogens is 1. The summed E-state index contributed by atoms with van der Waals surface area (Å²) in [6, 6.07) is 13.2. The molecule has 0 saturated carbocycles. The van der Waals surface area contributed by atoms with Crippen molar-refractivity contribution in [1.82, 2.24) is 9.29 Å². The van der Waals surface area contributed by atoms with E-state index in [1.807, 2.05) is 0 Å². The van der Waals surface area contributed by atoms with Crippen LogP contribution in [0.15, 0.2) is 57.2 Å². The highest BCUT2D eigenvalue weighted by molar-refractivity contribution is 9.10. The second-order valence-corrected chi connectivity index (χ2v) is 10.8. The number of hydrogen-bond acceptors (Lipinski definition) is 5. The summed E-state index contributed by atoms with van der Waals surface area (Å²) < 4.78 is 28.2.